The first-order chi connectivity index (χ1) is 3.89. The van der Waals surface area contributed by atoms with E-state index in [2.05, 4.69) is 26.2 Å². The molecule has 0 aliphatic carbocycles. The molecule has 1 aliphatic rings. The smallest absolute Gasteiger partial charge is 0.0197 e. The molecule has 0 aromatic heterocycles. The van der Waals surface area contributed by atoms with E-state index in [4.69, 9.17) is 0 Å². The Balaban J connectivity index is 2.30. The van der Waals surface area contributed by atoms with Crippen molar-refractivity contribution in [2.75, 3.05) is 13.1 Å². The molecule has 1 aliphatic heterocycles. The summed E-state index contributed by atoms with van der Waals surface area (Å²) in [4.78, 5) is 0. The molecule has 1 nitrogen and oxygen atoms in total. The number of rotatable bonds is 0. The Hall–Kier alpha value is 0.130. The number of hydrogen-bond donors (Lipinski definition) is 0. The van der Waals surface area contributed by atoms with Crippen LogP contribution in [-0.2, 0) is 0 Å². The lowest BCUT2D eigenvalue weighted by Gasteiger charge is -2.09. The highest BCUT2D eigenvalue weighted by molar-refractivity contribution is 7.13. The van der Waals surface area contributed by atoms with Gasteiger partial charge in [-0.2, -0.15) is 0 Å². The maximum Gasteiger partial charge on any atom is 0.0197 e. The molecular weight excluding hydrogens is 117 g/mol. The van der Waals surface area contributed by atoms with Crippen LogP contribution in [0.3, 0.4) is 0 Å². The summed E-state index contributed by atoms with van der Waals surface area (Å²) in [7, 11) is 2.72. The molecule has 0 saturated heterocycles. The second-order valence-corrected chi connectivity index (χ2v) is 2.84. The Morgan fingerprint density at radius 3 is 3.12 bits per heavy atom. The zero-order chi connectivity index (χ0) is 5.82. The van der Waals surface area contributed by atoms with Crippen molar-refractivity contribution >= 4 is 9.39 Å². The molecule has 0 spiro atoms. The van der Waals surface area contributed by atoms with Crippen molar-refractivity contribution in [1.82, 2.24) is 4.67 Å². The van der Waals surface area contributed by atoms with Crippen molar-refractivity contribution in [3.05, 3.63) is 12.2 Å². The predicted octanol–water partition coefficient (Wildman–Crippen LogP) is 1.43. The summed E-state index contributed by atoms with van der Waals surface area (Å²) in [5.74, 6) is 0. The molecule has 1 unspecified atom stereocenters. The molecule has 8 heavy (non-hydrogen) atoms. The van der Waals surface area contributed by atoms with Crippen LogP contribution in [0.5, 0.6) is 0 Å². The van der Waals surface area contributed by atoms with Gasteiger partial charge in [0.1, 0.15) is 0 Å². The Bertz CT molecular complexity index is 90.5. The van der Waals surface area contributed by atoms with Crippen molar-refractivity contribution in [2.45, 2.75) is 12.8 Å². The SMILES string of the molecule is PN1CC=CCCC1. The van der Waals surface area contributed by atoms with Crippen LogP contribution < -0.4 is 0 Å². The summed E-state index contributed by atoms with van der Waals surface area (Å²) >= 11 is 0. The highest BCUT2D eigenvalue weighted by Crippen LogP contribution is 2.05. The van der Waals surface area contributed by atoms with E-state index in [-0.39, 0.29) is 0 Å². The van der Waals surface area contributed by atoms with Crippen molar-refractivity contribution in [3.63, 3.8) is 0 Å². The summed E-state index contributed by atoms with van der Waals surface area (Å²) in [6.45, 7) is 2.32. The van der Waals surface area contributed by atoms with Gasteiger partial charge in [0, 0.05) is 13.1 Å². The van der Waals surface area contributed by atoms with Crippen LogP contribution in [0.4, 0.5) is 0 Å². The van der Waals surface area contributed by atoms with Crippen LogP contribution in [-0.4, -0.2) is 17.8 Å². The molecular formula is C6H12NP. The molecule has 0 amide bonds. The third-order valence-electron chi connectivity index (χ3n) is 1.32. The van der Waals surface area contributed by atoms with Gasteiger partial charge in [-0.15, -0.1) is 0 Å². The Labute approximate surface area is 53.0 Å². The number of nitrogens with zero attached hydrogens (tertiary/aromatic N) is 1. The van der Waals surface area contributed by atoms with Crippen LogP contribution in [0.15, 0.2) is 12.2 Å². The zero-order valence-electron chi connectivity index (χ0n) is 5.01. The second kappa shape index (κ2) is 3.21. The lowest BCUT2D eigenvalue weighted by atomic mass is 10.3. The molecule has 46 valence electrons. The average molecular weight is 129 g/mol. The fourth-order valence-electron chi connectivity index (χ4n) is 0.831. The lowest BCUT2D eigenvalue weighted by Crippen LogP contribution is -2.10. The van der Waals surface area contributed by atoms with E-state index in [9.17, 15) is 0 Å². The Morgan fingerprint density at radius 1 is 1.38 bits per heavy atom. The minimum atomic E-state index is 1.10. The van der Waals surface area contributed by atoms with Crippen LogP contribution >= 0.6 is 9.39 Å². The van der Waals surface area contributed by atoms with Crippen molar-refractivity contribution in [1.29, 1.82) is 0 Å². The van der Waals surface area contributed by atoms with Gasteiger partial charge in [-0.3, -0.25) is 4.67 Å². The molecule has 1 atom stereocenters. The normalized spacial score (nSPS) is 23.1. The van der Waals surface area contributed by atoms with Gasteiger partial charge in [0.15, 0.2) is 0 Å². The first-order valence-electron chi connectivity index (χ1n) is 3.04. The van der Waals surface area contributed by atoms with Gasteiger partial charge < -0.3 is 0 Å². The first-order valence-corrected chi connectivity index (χ1v) is 3.56. The van der Waals surface area contributed by atoms with E-state index in [1.165, 1.54) is 19.4 Å². The van der Waals surface area contributed by atoms with Gasteiger partial charge in [-0.25, -0.2) is 0 Å². The van der Waals surface area contributed by atoms with E-state index in [0.29, 0.717) is 0 Å². The third-order valence-corrected chi connectivity index (χ3v) is 1.79. The van der Waals surface area contributed by atoms with Crippen molar-refractivity contribution in [3.8, 4) is 0 Å². The lowest BCUT2D eigenvalue weighted by molar-refractivity contribution is 0.516. The van der Waals surface area contributed by atoms with Gasteiger partial charge >= 0.3 is 0 Å². The minimum Gasteiger partial charge on any atom is -0.284 e. The maximum atomic E-state index is 2.72. The van der Waals surface area contributed by atoms with E-state index in [1.54, 1.807) is 0 Å². The summed E-state index contributed by atoms with van der Waals surface area (Å²) in [5, 5.41) is 0. The van der Waals surface area contributed by atoms with Crippen LogP contribution in [0.1, 0.15) is 12.8 Å². The summed E-state index contributed by atoms with van der Waals surface area (Å²) in [5.41, 5.74) is 0. The summed E-state index contributed by atoms with van der Waals surface area (Å²) in [6.07, 6.45) is 7.04. The molecule has 1 rings (SSSR count). The van der Waals surface area contributed by atoms with E-state index in [1.807, 2.05) is 0 Å². The first kappa shape index (κ1) is 6.25. The molecule has 0 saturated carbocycles. The van der Waals surface area contributed by atoms with E-state index >= 15 is 0 Å². The standard InChI is InChI=1S/C6H12NP/c8-7-5-3-1-2-4-6-7/h1,3H,2,4-6,8H2. The van der Waals surface area contributed by atoms with Crippen LogP contribution in [0.25, 0.3) is 0 Å². The maximum absolute atomic E-state index is 2.72. The molecule has 0 fully saturated rings. The third kappa shape index (κ3) is 1.94. The van der Waals surface area contributed by atoms with Gasteiger partial charge in [0.05, 0.1) is 0 Å². The van der Waals surface area contributed by atoms with Crippen molar-refractivity contribution in [2.24, 2.45) is 0 Å². The van der Waals surface area contributed by atoms with Crippen LogP contribution in [0.2, 0.25) is 0 Å². The van der Waals surface area contributed by atoms with E-state index in [0.717, 1.165) is 6.54 Å². The van der Waals surface area contributed by atoms with Gasteiger partial charge in [0.2, 0.25) is 0 Å². The second-order valence-electron chi connectivity index (χ2n) is 2.11. The van der Waals surface area contributed by atoms with Crippen molar-refractivity contribution < 1.29 is 0 Å². The molecule has 0 N–H and O–H groups in total. The topological polar surface area (TPSA) is 3.24 Å². The minimum absolute atomic E-state index is 1.10. The zero-order valence-corrected chi connectivity index (χ0v) is 6.16. The van der Waals surface area contributed by atoms with Gasteiger partial charge in [0.25, 0.3) is 0 Å². The number of hydrogen-bond acceptors (Lipinski definition) is 1. The van der Waals surface area contributed by atoms with Gasteiger partial charge in [-0.1, -0.05) is 21.5 Å². The molecule has 0 radical (unpaired) electrons. The average Bonchev–Trinajstić information content (AvgIpc) is 1.94. The Morgan fingerprint density at radius 2 is 2.25 bits per heavy atom. The van der Waals surface area contributed by atoms with Crippen LogP contribution in [0, 0.1) is 0 Å². The largest absolute Gasteiger partial charge is 0.284 e. The predicted molar refractivity (Wildman–Crippen MR) is 39.7 cm³/mol. The number of allylic oxidation sites excluding steroid dienone is 1. The molecule has 0 aromatic carbocycles. The summed E-state index contributed by atoms with van der Waals surface area (Å²) in [6, 6.07) is 0. The van der Waals surface area contributed by atoms with Gasteiger partial charge in [-0.05, 0) is 12.8 Å². The Kier molecular flexibility index (Phi) is 2.51. The fraction of sp³-hybridized carbons (Fsp3) is 0.667. The molecule has 0 aromatic rings. The van der Waals surface area contributed by atoms with E-state index < -0.39 is 0 Å². The molecule has 2 heteroatoms. The highest BCUT2D eigenvalue weighted by atomic mass is 31.0. The molecule has 1 heterocycles. The fourth-order valence-corrected chi connectivity index (χ4v) is 1.14. The summed E-state index contributed by atoms with van der Waals surface area (Å²) < 4.78 is 2.25. The quantitative estimate of drug-likeness (QED) is 0.353. The highest BCUT2D eigenvalue weighted by Gasteiger charge is 1.96. The molecule has 0 bridgehead atoms. The monoisotopic (exact) mass is 129 g/mol.